The van der Waals surface area contributed by atoms with E-state index in [1.165, 1.54) is 0 Å². The van der Waals surface area contributed by atoms with Crippen molar-refractivity contribution in [2.45, 2.75) is 32.7 Å². The Kier molecular flexibility index (Phi) is 4.49. The lowest BCUT2D eigenvalue weighted by molar-refractivity contribution is 0.602. The van der Waals surface area contributed by atoms with Crippen LogP contribution in [0.4, 0.5) is 0 Å². The van der Waals surface area contributed by atoms with Crippen molar-refractivity contribution in [1.82, 2.24) is 4.57 Å². The van der Waals surface area contributed by atoms with Crippen LogP contribution in [0.1, 0.15) is 24.8 Å². The highest BCUT2D eigenvalue weighted by atomic mass is 32.1. The van der Waals surface area contributed by atoms with Crippen LogP contribution in [0.25, 0.3) is 0 Å². The zero-order valence-electron chi connectivity index (χ0n) is 8.90. The first-order valence-corrected chi connectivity index (χ1v) is 5.46. The molecule has 1 heterocycles. The molecule has 15 heavy (non-hydrogen) atoms. The van der Waals surface area contributed by atoms with Crippen molar-refractivity contribution in [3.63, 3.8) is 0 Å². The normalized spacial score (nSPS) is 10.2. The summed E-state index contributed by atoms with van der Waals surface area (Å²) in [6.07, 6.45) is 4.46. The van der Waals surface area contributed by atoms with Gasteiger partial charge in [0.25, 0.3) is 5.56 Å². The van der Waals surface area contributed by atoms with Crippen LogP contribution in [-0.2, 0) is 6.54 Å². The van der Waals surface area contributed by atoms with Crippen LogP contribution in [0.15, 0.2) is 23.1 Å². The SMILES string of the molecule is Cc1ccn(CCCCC(N)=S)c(=O)c1. The minimum atomic E-state index is 0.0605. The Morgan fingerprint density at radius 3 is 2.87 bits per heavy atom. The molecule has 0 spiro atoms. The second kappa shape index (κ2) is 5.66. The van der Waals surface area contributed by atoms with E-state index in [1.807, 2.05) is 19.2 Å². The van der Waals surface area contributed by atoms with Crippen LogP contribution in [0.2, 0.25) is 0 Å². The second-order valence-corrected chi connectivity index (χ2v) is 4.18. The molecule has 0 aromatic carbocycles. The number of thiocarbonyl (C=S) groups is 1. The van der Waals surface area contributed by atoms with E-state index in [4.69, 9.17) is 18.0 Å². The molecule has 0 amide bonds. The molecule has 0 aliphatic rings. The topological polar surface area (TPSA) is 48.0 Å². The third kappa shape index (κ3) is 4.25. The maximum Gasteiger partial charge on any atom is 0.250 e. The van der Waals surface area contributed by atoms with Gasteiger partial charge in [0.15, 0.2) is 0 Å². The molecular weight excluding hydrogens is 208 g/mol. The molecule has 1 aromatic heterocycles. The molecular formula is C11H16N2OS. The fourth-order valence-corrected chi connectivity index (χ4v) is 1.52. The molecule has 0 unspecified atom stereocenters. The number of hydrogen-bond acceptors (Lipinski definition) is 2. The largest absolute Gasteiger partial charge is 0.393 e. The molecule has 1 aromatic rings. The quantitative estimate of drug-likeness (QED) is 0.610. The number of nitrogens with zero attached hydrogens (tertiary/aromatic N) is 1. The summed E-state index contributed by atoms with van der Waals surface area (Å²) in [5, 5.41) is 0. The summed E-state index contributed by atoms with van der Waals surface area (Å²) in [6, 6.07) is 3.59. The molecule has 4 heteroatoms. The van der Waals surface area contributed by atoms with Crippen LogP contribution in [0.3, 0.4) is 0 Å². The predicted octanol–water partition coefficient (Wildman–Crippen LogP) is 1.61. The van der Waals surface area contributed by atoms with Gasteiger partial charge in [0.2, 0.25) is 0 Å². The molecule has 0 aliphatic heterocycles. The predicted molar refractivity (Wildman–Crippen MR) is 66.1 cm³/mol. The van der Waals surface area contributed by atoms with Crippen LogP contribution >= 0.6 is 12.2 Å². The summed E-state index contributed by atoms with van der Waals surface area (Å²) >= 11 is 4.78. The maximum atomic E-state index is 11.5. The lowest BCUT2D eigenvalue weighted by Gasteiger charge is -2.05. The number of aromatic nitrogens is 1. The van der Waals surface area contributed by atoms with Gasteiger partial charge in [-0.25, -0.2) is 0 Å². The van der Waals surface area contributed by atoms with Gasteiger partial charge in [0, 0.05) is 18.8 Å². The Labute approximate surface area is 94.9 Å². The monoisotopic (exact) mass is 224 g/mol. The highest BCUT2D eigenvalue weighted by molar-refractivity contribution is 7.80. The fourth-order valence-electron chi connectivity index (χ4n) is 1.37. The second-order valence-electron chi connectivity index (χ2n) is 3.66. The molecule has 0 atom stereocenters. The highest BCUT2D eigenvalue weighted by Crippen LogP contribution is 1.98. The molecule has 0 saturated heterocycles. The number of hydrogen-bond donors (Lipinski definition) is 1. The third-order valence-electron chi connectivity index (χ3n) is 2.22. The zero-order chi connectivity index (χ0) is 11.3. The molecule has 2 N–H and O–H groups in total. The first-order chi connectivity index (χ1) is 7.09. The molecule has 0 aliphatic carbocycles. The van der Waals surface area contributed by atoms with Crippen LogP contribution in [-0.4, -0.2) is 9.56 Å². The molecule has 0 radical (unpaired) electrons. The molecule has 0 bridgehead atoms. The summed E-state index contributed by atoms with van der Waals surface area (Å²) in [5.41, 5.74) is 6.44. The summed E-state index contributed by atoms with van der Waals surface area (Å²) in [4.78, 5) is 12.0. The van der Waals surface area contributed by atoms with E-state index in [-0.39, 0.29) is 5.56 Å². The van der Waals surface area contributed by atoms with E-state index in [9.17, 15) is 4.79 Å². The van der Waals surface area contributed by atoms with Crippen molar-refractivity contribution in [1.29, 1.82) is 0 Å². The molecule has 0 saturated carbocycles. The van der Waals surface area contributed by atoms with E-state index in [0.717, 1.165) is 31.4 Å². The summed E-state index contributed by atoms with van der Waals surface area (Å²) < 4.78 is 1.71. The smallest absolute Gasteiger partial charge is 0.250 e. The van der Waals surface area contributed by atoms with Crippen molar-refractivity contribution in [2.75, 3.05) is 0 Å². The summed E-state index contributed by atoms with van der Waals surface area (Å²) in [5.74, 6) is 0. The van der Waals surface area contributed by atoms with Gasteiger partial charge in [-0.05, 0) is 37.8 Å². The Balaban J connectivity index is 2.44. The Morgan fingerprint density at radius 1 is 1.53 bits per heavy atom. The van der Waals surface area contributed by atoms with Crippen LogP contribution < -0.4 is 11.3 Å². The van der Waals surface area contributed by atoms with Crippen LogP contribution in [0, 0.1) is 6.92 Å². The standard InChI is InChI=1S/C11H16N2OS/c1-9-5-7-13(11(14)8-9)6-3-2-4-10(12)15/h5,7-8H,2-4,6H2,1H3,(H2,12,15). The summed E-state index contributed by atoms with van der Waals surface area (Å²) in [6.45, 7) is 2.65. The lowest BCUT2D eigenvalue weighted by Crippen LogP contribution is -2.19. The number of rotatable bonds is 5. The number of aryl methyl sites for hydroxylation is 2. The zero-order valence-corrected chi connectivity index (χ0v) is 9.72. The van der Waals surface area contributed by atoms with Crippen molar-refractivity contribution < 1.29 is 0 Å². The van der Waals surface area contributed by atoms with Gasteiger partial charge < -0.3 is 10.3 Å². The summed E-state index contributed by atoms with van der Waals surface area (Å²) in [7, 11) is 0. The highest BCUT2D eigenvalue weighted by Gasteiger charge is 1.96. The Bertz CT molecular complexity index is 398. The number of pyridine rings is 1. The van der Waals surface area contributed by atoms with Crippen LogP contribution in [0.5, 0.6) is 0 Å². The first kappa shape index (κ1) is 11.9. The average Bonchev–Trinajstić information content (AvgIpc) is 2.14. The van der Waals surface area contributed by atoms with Crippen molar-refractivity contribution >= 4 is 17.2 Å². The number of nitrogens with two attached hydrogens (primary N) is 1. The minimum Gasteiger partial charge on any atom is -0.393 e. The van der Waals surface area contributed by atoms with Gasteiger partial charge in [-0.3, -0.25) is 4.79 Å². The molecule has 1 rings (SSSR count). The van der Waals surface area contributed by atoms with Gasteiger partial charge in [0.05, 0.1) is 4.99 Å². The Hall–Kier alpha value is -1.16. The van der Waals surface area contributed by atoms with E-state index in [0.29, 0.717) is 4.99 Å². The van der Waals surface area contributed by atoms with Crippen molar-refractivity contribution in [3.8, 4) is 0 Å². The van der Waals surface area contributed by atoms with Crippen molar-refractivity contribution in [2.24, 2.45) is 5.73 Å². The van der Waals surface area contributed by atoms with Gasteiger partial charge in [-0.1, -0.05) is 12.2 Å². The maximum absolute atomic E-state index is 11.5. The third-order valence-corrected chi connectivity index (χ3v) is 2.43. The van der Waals surface area contributed by atoms with Gasteiger partial charge in [-0.15, -0.1) is 0 Å². The van der Waals surface area contributed by atoms with Crippen molar-refractivity contribution in [3.05, 3.63) is 34.2 Å². The van der Waals surface area contributed by atoms with E-state index < -0.39 is 0 Å². The van der Waals surface area contributed by atoms with Gasteiger partial charge >= 0.3 is 0 Å². The Morgan fingerprint density at radius 2 is 2.27 bits per heavy atom. The van der Waals surface area contributed by atoms with E-state index in [1.54, 1.807) is 10.6 Å². The lowest BCUT2D eigenvalue weighted by atomic mass is 10.2. The molecule has 3 nitrogen and oxygen atoms in total. The number of unbranched alkanes of at least 4 members (excludes halogenated alkanes) is 1. The molecule has 0 fully saturated rings. The minimum absolute atomic E-state index is 0.0605. The fraction of sp³-hybridized carbons (Fsp3) is 0.455. The van der Waals surface area contributed by atoms with E-state index >= 15 is 0 Å². The molecule has 82 valence electrons. The van der Waals surface area contributed by atoms with E-state index in [2.05, 4.69) is 0 Å². The average molecular weight is 224 g/mol. The van der Waals surface area contributed by atoms with Gasteiger partial charge in [0.1, 0.15) is 0 Å². The first-order valence-electron chi connectivity index (χ1n) is 5.05. The van der Waals surface area contributed by atoms with Gasteiger partial charge in [-0.2, -0.15) is 0 Å².